The molecule has 0 bridgehead atoms. The third-order valence-corrected chi connectivity index (χ3v) is 28.1. The summed E-state index contributed by atoms with van der Waals surface area (Å²) >= 11 is 1.91. The number of aryl methyl sites for hydroxylation is 12. The molecular weight excluding hydrogens is 1640 g/mol. The predicted molar refractivity (Wildman–Crippen MR) is 467 cm³/mol. The number of nitrogens with two attached hydrogens (primary N) is 1. The fourth-order valence-electron chi connectivity index (χ4n) is 16.3. The Hall–Kier alpha value is -5.69. The van der Waals surface area contributed by atoms with Gasteiger partial charge in [-0.05, 0) is 253 Å². The minimum Gasteiger partial charge on any atom is -0.393 e. The molecule has 9 aliphatic rings. The summed E-state index contributed by atoms with van der Waals surface area (Å²) in [5.41, 5.74) is 19.4. The normalized spacial score (nSPS) is 22.9. The van der Waals surface area contributed by atoms with Crippen molar-refractivity contribution in [1.29, 1.82) is 0 Å². The van der Waals surface area contributed by atoms with Crippen molar-refractivity contribution in [3.05, 3.63) is 158 Å². The third kappa shape index (κ3) is 30.5. The van der Waals surface area contributed by atoms with Crippen molar-refractivity contribution in [2.45, 2.75) is 325 Å². The van der Waals surface area contributed by atoms with Gasteiger partial charge < -0.3 is 44.1 Å². The summed E-state index contributed by atoms with van der Waals surface area (Å²) in [5.74, 6) is 1.31. The van der Waals surface area contributed by atoms with E-state index in [2.05, 4.69) is 127 Å². The van der Waals surface area contributed by atoms with Gasteiger partial charge in [0.15, 0.2) is 27.2 Å². The molecule has 16 rings (SSSR count). The molecular formula is C87H134BClIN12O12S2. The van der Waals surface area contributed by atoms with E-state index in [0.717, 1.165) is 219 Å². The van der Waals surface area contributed by atoms with E-state index in [4.69, 9.17) is 51.4 Å². The first kappa shape index (κ1) is 99.1. The van der Waals surface area contributed by atoms with Gasteiger partial charge in [-0.3, -0.25) is 28.6 Å². The largest absolute Gasteiger partial charge is 0.393 e. The third-order valence-electron chi connectivity index (χ3n) is 22.9. The fraction of sp³-hybridized carbons (Fsp3) is 0.667. The monoisotopic (exact) mass is 1780 g/mol. The Balaban J connectivity index is 0.000000204. The number of ether oxygens (including phenoxy) is 6. The maximum atomic E-state index is 11.6. The van der Waals surface area contributed by atoms with E-state index in [1.165, 1.54) is 73.4 Å². The van der Waals surface area contributed by atoms with E-state index in [1.807, 2.05) is 82.3 Å². The standard InChI is InChI=1S/C13H20N2O2.C12H17N3.C12H21N3.C11H16N2O.C9H11IO2S.C9H16O2.C8H14O3.C7H7ClO2S.C5H8N2.CH4.B/c1-10-9-11(2)15(14-10)12-3-5-13(6-4-12)16-7-8-17-13;1-9-8-10(2)15(14-9)12-6-4-11(13-3)5-7-12;1-9-7-10(2)15(14-9)12-5-3-11(8-13)4-6-12;1-8-7-9(2)13(12-8)10-3-5-11(14)6-4-10;1-7-3-5-9(6-4-7)13(11,12)8(2)10;1-8-2-4-9(5-3-8)10-6-7-11-9;9-7-1-3-8(4-2-7)10-5-6-11-8;1-6-2-4-7(5-3-6)11(8,9)10;1-4-3-5(2)7-6-4;;/h9,12H,3-8H2,1-2H3;8,11-12H,4-7H2,1-2H3;7,11-12H,3-6,8,13H2,1-2H3;7,10H,3-6H2,1-2H3;3-6,8H,1-2H3;8H,2-7H2,1H3;7,9H,1-6H2;2-5H,1H3;3H,1-2H3,(H,6,7);1H4;. The van der Waals surface area contributed by atoms with Gasteiger partial charge in [0, 0.05) is 112 Å². The van der Waals surface area contributed by atoms with Crippen molar-refractivity contribution in [3.63, 3.8) is 0 Å². The van der Waals surface area contributed by atoms with Crippen LogP contribution in [0.1, 0.15) is 268 Å². The number of hydrogen-bond donors (Lipinski definition) is 3. The molecule has 1 atom stereocenters. The summed E-state index contributed by atoms with van der Waals surface area (Å²) in [6.07, 6.45) is 24.8. The molecule has 8 heterocycles. The Bertz CT molecular complexity index is 4260. The van der Waals surface area contributed by atoms with E-state index in [9.17, 15) is 26.7 Å². The molecule has 3 aliphatic heterocycles. The molecule has 0 amide bonds. The second-order valence-electron chi connectivity index (χ2n) is 32.6. The number of benzene rings is 2. The lowest BCUT2D eigenvalue weighted by molar-refractivity contribution is -0.187. The van der Waals surface area contributed by atoms with Gasteiger partial charge in [0.05, 0.1) is 108 Å². The van der Waals surface area contributed by atoms with Crippen LogP contribution in [0.3, 0.4) is 0 Å². The van der Waals surface area contributed by atoms with Gasteiger partial charge in [-0.25, -0.2) is 23.4 Å². The topological polar surface area (TPSA) is 291 Å². The maximum absolute atomic E-state index is 11.6. The van der Waals surface area contributed by atoms with E-state index in [0.29, 0.717) is 34.8 Å². The molecule has 4 N–H and O–H groups in total. The first-order valence-electron chi connectivity index (χ1n) is 41.3. The summed E-state index contributed by atoms with van der Waals surface area (Å²) in [7, 11) is -1.57. The molecule has 3 radical (unpaired) electrons. The van der Waals surface area contributed by atoms with Gasteiger partial charge in [-0.1, -0.05) is 72.3 Å². The van der Waals surface area contributed by atoms with Crippen molar-refractivity contribution in [2.75, 3.05) is 46.2 Å². The van der Waals surface area contributed by atoms with Crippen LogP contribution in [0.25, 0.3) is 4.85 Å². The van der Waals surface area contributed by atoms with Gasteiger partial charge in [-0.15, -0.1) is 0 Å². The number of nitrogens with one attached hydrogen (secondary N) is 1. The zero-order valence-corrected chi connectivity index (χ0v) is 75.3. The number of aromatic nitrogens is 10. The number of nitrogens with zero attached hydrogens (tertiary/aromatic N) is 10. The number of H-pyrrole nitrogens is 1. The highest BCUT2D eigenvalue weighted by atomic mass is 127. The van der Waals surface area contributed by atoms with Crippen molar-refractivity contribution in [1.82, 2.24) is 49.3 Å². The number of aromatic amines is 1. The molecule has 1 unspecified atom stereocenters. The molecule has 24 nitrogen and oxygen atoms in total. The summed E-state index contributed by atoms with van der Waals surface area (Å²) in [4.78, 5) is 15.3. The second kappa shape index (κ2) is 46.9. The van der Waals surface area contributed by atoms with Crippen LogP contribution in [0, 0.1) is 101 Å². The molecule has 6 aliphatic carbocycles. The highest BCUT2D eigenvalue weighted by molar-refractivity contribution is 14.1. The van der Waals surface area contributed by atoms with Crippen molar-refractivity contribution in [2.24, 2.45) is 17.6 Å². The fourth-order valence-corrected chi connectivity index (χ4v) is 18.9. The van der Waals surface area contributed by atoms with Crippen LogP contribution in [0.4, 0.5) is 0 Å². The van der Waals surface area contributed by atoms with Gasteiger partial charge in [0.25, 0.3) is 9.05 Å². The number of alkyl halides is 1. The molecule has 5 aromatic heterocycles. The number of rotatable bonds is 8. The minimum atomic E-state index is -3.55. The Morgan fingerprint density at radius 2 is 0.845 bits per heavy atom. The number of carbonyl (C=O) groups excluding carboxylic acids is 1. The van der Waals surface area contributed by atoms with Crippen LogP contribution >= 0.6 is 33.3 Å². The Morgan fingerprint density at radius 3 is 1.14 bits per heavy atom. The summed E-state index contributed by atoms with van der Waals surface area (Å²) in [5, 5.41) is 34.1. The molecule has 9 fully saturated rings. The SMILES string of the molecule is C.CC1CCC2(CC1)OCCO2.Cc1cc(C)[nH]n1.Cc1cc(C)n(C2CCC(=O)CC2)n1.Cc1cc(C)n(C2CCC(CN)CC2)n1.Cc1cc(C)n(C2CCC3(CC2)OCCO3)n1.Cc1ccc(S(=O)(=O)C(C)I)cc1.Cc1ccc(S(=O)(=O)Cl)cc1.OC1CCC2(CC1)OCCO2.[B].[C-]#[N+]C1CCC(n2nc(C)cc2C)CC1. The summed E-state index contributed by atoms with van der Waals surface area (Å²) in [6.45, 7) is 40.8. The lowest BCUT2D eigenvalue weighted by Crippen LogP contribution is -2.36. The molecule has 7 aromatic rings. The maximum Gasteiger partial charge on any atom is 0.261 e. The Morgan fingerprint density at radius 1 is 0.517 bits per heavy atom. The first-order valence-corrected chi connectivity index (χ1v) is 46.4. The van der Waals surface area contributed by atoms with Crippen LogP contribution in [0.5, 0.6) is 0 Å². The van der Waals surface area contributed by atoms with E-state index < -0.39 is 18.9 Å². The lowest BCUT2D eigenvalue weighted by atomic mass is 9.86. The van der Waals surface area contributed by atoms with Crippen LogP contribution in [0.15, 0.2) is 88.7 Å². The number of ketones is 1. The Labute approximate surface area is 713 Å². The van der Waals surface area contributed by atoms with E-state index in [-0.39, 0.29) is 53.5 Å². The average molecular weight is 1780 g/mol. The lowest BCUT2D eigenvalue weighted by Gasteiger charge is -2.35. The number of carbonyl (C=O) groups is 1. The molecule has 2 aromatic carbocycles. The zero-order chi connectivity index (χ0) is 83.0. The number of hydrogen-bond acceptors (Lipinski definition) is 18. The van der Waals surface area contributed by atoms with Crippen LogP contribution in [-0.4, -0.2) is 164 Å². The average Bonchev–Trinajstić information content (AvgIpc) is 1.47. The number of aliphatic hydroxyl groups excluding tert-OH is 1. The second-order valence-corrected chi connectivity index (χ2v) is 40.1. The number of sulfone groups is 1. The van der Waals surface area contributed by atoms with Crippen LogP contribution in [0.2, 0.25) is 0 Å². The van der Waals surface area contributed by atoms with Gasteiger partial charge in [0.2, 0.25) is 6.04 Å². The molecule has 116 heavy (non-hydrogen) atoms. The highest BCUT2D eigenvalue weighted by Crippen LogP contribution is 2.42. The first-order chi connectivity index (χ1) is 54.1. The predicted octanol–water partition coefficient (Wildman–Crippen LogP) is 18.0. The number of halogens is 2. The van der Waals surface area contributed by atoms with Gasteiger partial charge in [0.1, 0.15) is 9.04 Å². The molecule has 29 heteroatoms. The van der Waals surface area contributed by atoms with E-state index in [1.54, 1.807) is 31.2 Å². The smallest absolute Gasteiger partial charge is 0.261 e. The Kier molecular flexibility index (Phi) is 40.1. The van der Waals surface area contributed by atoms with Crippen molar-refractivity contribution >= 4 is 66.4 Å². The minimum absolute atomic E-state index is 0. The molecule has 6 saturated carbocycles. The number of Topliss-reactive ketones (excluding diaryl/α,β-unsaturated/α-hetero) is 1. The number of aliphatic hydroxyl groups is 1. The quantitative estimate of drug-likeness (QED) is 0.0419. The van der Waals surface area contributed by atoms with Crippen molar-refractivity contribution in [3.8, 4) is 0 Å². The summed E-state index contributed by atoms with van der Waals surface area (Å²) < 4.78 is 86.6. The molecule has 3 spiro atoms. The summed E-state index contributed by atoms with van der Waals surface area (Å²) in [6, 6.07) is 26.2. The van der Waals surface area contributed by atoms with Gasteiger partial charge in [-0.2, -0.15) is 25.5 Å². The zero-order valence-electron chi connectivity index (χ0n) is 70.8. The highest BCUT2D eigenvalue weighted by Gasteiger charge is 2.43. The molecule has 643 valence electrons. The molecule has 3 saturated heterocycles. The van der Waals surface area contributed by atoms with Crippen LogP contribution in [-0.2, 0) is 52.1 Å². The van der Waals surface area contributed by atoms with Crippen LogP contribution < -0.4 is 5.73 Å². The van der Waals surface area contributed by atoms with Gasteiger partial charge >= 0.3 is 0 Å². The van der Waals surface area contributed by atoms with E-state index >= 15 is 0 Å². The van der Waals surface area contributed by atoms with Crippen molar-refractivity contribution < 1.29 is 55.2 Å².